The fraction of sp³-hybridized carbons (Fsp3) is 0.429. The van der Waals surface area contributed by atoms with E-state index < -0.39 is 0 Å². The van der Waals surface area contributed by atoms with Gasteiger partial charge in [0.2, 0.25) is 5.91 Å². The Hall–Kier alpha value is -3.48. The van der Waals surface area contributed by atoms with Crippen molar-refractivity contribution in [2.45, 2.75) is 70.1 Å². The molecule has 0 spiro atoms. The number of carbonyl (C=O) groups is 2. The molecule has 2 saturated heterocycles. The van der Waals surface area contributed by atoms with E-state index in [-0.39, 0.29) is 29.9 Å². The highest BCUT2D eigenvalue weighted by atomic mass is 16.2. The summed E-state index contributed by atoms with van der Waals surface area (Å²) in [6.45, 7) is 2.94. The number of amides is 2. The van der Waals surface area contributed by atoms with E-state index in [2.05, 4.69) is 39.2 Å². The highest BCUT2D eigenvalue weighted by molar-refractivity contribution is 5.96. The van der Waals surface area contributed by atoms with Crippen LogP contribution in [0, 0.1) is 0 Å². The fourth-order valence-corrected chi connectivity index (χ4v) is 5.92. The molecule has 35 heavy (non-hydrogen) atoms. The Balaban J connectivity index is 1.51. The van der Waals surface area contributed by atoms with Crippen LogP contribution in [0.3, 0.4) is 0 Å². The molecule has 7 nitrogen and oxygen atoms in total. The number of hydrogen-bond acceptors (Lipinski definition) is 4. The molecule has 2 amide bonds. The second-order valence-electron chi connectivity index (χ2n) is 9.74. The zero-order valence-electron chi connectivity index (χ0n) is 20.3. The van der Waals surface area contributed by atoms with E-state index in [1.807, 2.05) is 35.2 Å². The smallest absolute Gasteiger partial charge is 0.254 e. The number of carbonyl (C=O) groups excluding carboxylic acids is 2. The predicted molar refractivity (Wildman–Crippen MR) is 134 cm³/mol. The Morgan fingerprint density at radius 3 is 2.54 bits per heavy atom. The highest BCUT2D eigenvalue weighted by Crippen LogP contribution is 2.36. The molecule has 182 valence electrons. The van der Waals surface area contributed by atoms with E-state index in [1.54, 1.807) is 17.9 Å². The van der Waals surface area contributed by atoms with Crippen LogP contribution >= 0.6 is 0 Å². The first kappa shape index (κ1) is 23.3. The monoisotopic (exact) mass is 471 g/mol. The minimum atomic E-state index is 0.0276. The van der Waals surface area contributed by atoms with Gasteiger partial charge in [0.05, 0.1) is 18.6 Å². The van der Waals surface area contributed by atoms with Crippen LogP contribution < -0.4 is 0 Å². The number of rotatable bonds is 5. The number of likely N-dealkylation sites (tertiary alicyclic amines) is 2. The minimum absolute atomic E-state index is 0.0276. The molecule has 2 aromatic carbocycles. The van der Waals surface area contributed by atoms with Gasteiger partial charge in [-0.15, -0.1) is 0 Å². The van der Waals surface area contributed by atoms with Crippen molar-refractivity contribution in [1.29, 1.82) is 0 Å². The van der Waals surface area contributed by atoms with Crippen LogP contribution in [0.25, 0.3) is 0 Å². The topological polar surface area (TPSA) is 71.3 Å². The normalized spacial score (nSPS) is 22.4. The maximum atomic E-state index is 14.3. The molecule has 3 atom stereocenters. The van der Waals surface area contributed by atoms with Crippen molar-refractivity contribution in [2.24, 2.45) is 0 Å². The number of hydrogen-bond donors (Lipinski definition) is 0. The average Bonchev–Trinajstić information content (AvgIpc) is 3.47. The maximum absolute atomic E-state index is 14.3. The van der Waals surface area contributed by atoms with Crippen LogP contribution in [0.2, 0.25) is 0 Å². The minimum Gasteiger partial charge on any atom is -0.338 e. The van der Waals surface area contributed by atoms with Gasteiger partial charge in [0, 0.05) is 25.1 Å². The third kappa shape index (κ3) is 4.99. The third-order valence-electron chi connectivity index (χ3n) is 7.51. The van der Waals surface area contributed by atoms with Gasteiger partial charge < -0.3 is 9.80 Å². The van der Waals surface area contributed by atoms with Crippen molar-refractivity contribution in [3.8, 4) is 0 Å². The Morgan fingerprint density at radius 2 is 1.77 bits per heavy atom. The number of fused-ring (bicyclic) bond motifs is 1. The molecule has 5 rings (SSSR count). The van der Waals surface area contributed by atoms with Crippen molar-refractivity contribution < 1.29 is 9.59 Å². The molecule has 0 saturated carbocycles. The molecule has 3 heterocycles. The number of aromatic nitrogens is 3. The van der Waals surface area contributed by atoms with Gasteiger partial charge in [0.15, 0.2) is 0 Å². The summed E-state index contributed by atoms with van der Waals surface area (Å²) in [6.07, 6.45) is 8.90. The lowest BCUT2D eigenvalue weighted by molar-refractivity contribution is -0.132. The first-order chi connectivity index (χ1) is 17.1. The van der Waals surface area contributed by atoms with Gasteiger partial charge in [-0.05, 0) is 42.9 Å². The Labute approximate surface area is 206 Å². The summed E-state index contributed by atoms with van der Waals surface area (Å²) in [5.74, 6) is 0.166. The van der Waals surface area contributed by atoms with Crippen LogP contribution in [0.4, 0.5) is 0 Å². The van der Waals surface area contributed by atoms with Crippen molar-refractivity contribution >= 4 is 11.8 Å². The second-order valence-corrected chi connectivity index (χ2v) is 9.74. The standard InChI is InChI=1S/C28H33N5O2/c1-21(34)32-15-9-3-6-14-26-27(32)17-24(16-22-10-4-2-5-11-22)33(26)28(35)25-13-8-7-12-23(25)18-31-20-29-19-30-31/h2,4-5,7-8,10-13,19-20,24,26-27H,3,6,9,14-18H2,1H3/t24-,26-,27+/m1/s1. The summed E-state index contributed by atoms with van der Waals surface area (Å²) >= 11 is 0. The first-order valence-corrected chi connectivity index (χ1v) is 12.7. The lowest BCUT2D eigenvalue weighted by Crippen LogP contribution is -2.50. The molecular weight excluding hydrogens is 438 g/mol. The average molecular weight is 472 g/mol. The van der Waals surface area contributed by atoms with Crippen molar-refractivity contribution in [3.05, 3.63) is 83.9 Å². The van der Waals surface area contributed by atoms with Gasteiger partial charge >= 0.3 is 0 Å². The SMILES string of the molecule is CC(=O)N1CCCCC[C@@H]2[C@@H]1C[C@@H](Cc1ccccc1)N2C(=O)c1ccccc1Cn1cncn1. The molecule has 0 unspecified atom stereocenters. The quantitative estimate of drug-likeness (QED) is 0.565. The van der Waals surface area contributed by atoms with Crippen molar-refractivity contribution in [2.75, 3.05) is 6.54 Å². The van der Waals surface area contributed by atoms with E-state index >= 15 is 0 Å². The van der Waals surface area contributed by atoms with E-state index in [4.69, 9.17) is 0 Å². The van der Waals surface area contributed by atoms with Gasteiger partial charge in [0.25, 0.3) is 5.91 Å². The summed E-state index contributed by atoms with van der Waals surface area (Å²) in [5.41, 5.74) is 2.85. The molecule has 2 aliphatic rings. The van der Waals surface area contributed by atoms with Crippen LogP contribution in [0.1, 0.15) is 60.5 Å². The van der Waals surface area contributed by atoms with Crippen LogP contribution in [0.5, 0.6) is 0 Å². The zero-order chi connectivity index (χ0) is 24.2. The highest BCUT2D eigenvalue weighted by Gasteiger charge is 2.47. The Kier molecular flexibility index (Phi) is 6.93. The molecule has 0 radical (unpaired) electrons. The molecule has 2 fully saturated rings. The van der Waals surface area contributed by atoms with Gasteiger partial charge in [0.1, 0.15) is 12.7 Å². The number of benzene rings is 2. The molecule has 0 bridgehead atoms. The first-order valence-electron chi connectivity index (χ1n) is 12.7. The van der Waals surface area contributed by atoms with E-state index in [0.717, 1.165) is 50.6 Å². The molecule has 1 aromatic heterocycles. The molecule has 0 aliphatic carbocycles. The van der Waals surface area contributed by atoms with Gasteiger partial charge in [-0.2, -0.15) is 5.10 Å². The third-order valence-corrected chi connectivity index (χ3v) is 7.51. The largest absolute Gasteiger partial charge is 0.338 e. The van der Waals surface area contributed by atoms with E-state index in [9.17, 15) is 9.59 Å². The Bertz CT molecular complexity index is 1150. The summed E-state index contributed by atoms with van der Waals surface area (Å²) in [4.78, 5) is 35.2. The maximum Gasteiger partial charge on any atom is 0.254 e. The van der Waals surface area contributed by atoms with E-state index in [1.165, 1.54) is 11.9 Å². The Morgan fingerprint density at radius 1 is 0.971 bits per heavy atom. The van der Waals surface area contributed by atoms with Crippen LogP contribution in [-0.4, -0.2) is 61.0 Å². The summed E-state index contributed by atoms with van der Waals surface area (Å²) in [7, 11) is 0. The molecule has 0 N–H and O–H groups in total. The van der Waals surface area contributed by atoms with Crippen LogP contribution in [0.15, 0.2) is 67.3 Å². The zero-order valence-corrected chi connectivity index (χ0v) is 20.3. The van der Waals surface area contributed by atoms with Crippen molar-refractivity contribution in [3.63, 3.8) is 0 Å². The molecular formula is C28H33N5O2. The molecule has 2 aliphatic heterocycles. The van der Waals surface area contributed by atoms with Gasteiger partial charge in [-0.3, -0.25) is 9.59 Å². The summed E-state index contributed by atoms with van der Waals surface area (Å²) in [5, 5.41) is 4.23. The van der Waals surface area contributed by atoms with Crippen molar-refractivity contribution in [1.82, 2.24) is 24.6 Å². The molecule has 3 aromatic rings. The molecule has 7 heteroatoms. The van der Waals surface area contributed by atoms with Gasteiger partial charge in [-0.1, -0.05) is 61.4 Å². The lowest BCUT2D eigenvalue weighted by Gasteiger charge is -2.37. The summed E-state index contributed by atoms with van der Waals surface area (Å²) < 4.78 is 1.74. The van der Waals surface area contributed by atoms with Gasteiger partial charge in [-0.25, -0.2) is 9.67 Å². The predicted octanol–water partition coefficient (Wildman–Crippen LogP) is 3.94. The summed E-state index contributed by atoms with van der Waals surface area (Å²) in [6, 6.07) is 18.3. The number of nitrogens with zero attached hydrogens (tertiary/aromatic N) is 5. The fourth-order valence-electron chi connectivity index (χ4n) is 5.92. The lowest BCUT2D eigenvalue weighted by atomic mass is 9.96. The van der Waals surface area contributed by atoms with Crippen LogP contribution in [-0.2, 0) is 17.8 Å². The van der Waals surface area contributed by atoms with E-state index in [0.29, 0.717) is 12.1 Å². The second kappa shape index (κ2) is 10.4.